The third-order valence-corrected chi connectivity index (χ3v) is 6.46. The van der Waals surface area contributed by atoms with Crippen LogP contribution in [-0.2, 0) is 19.4 Å². The van der Waals surface area contributed by atoms with Gasteiger partial charge in [0, 0.05) is 55.4 Å². The molecule has 0 aromatic carbocycles. The second-order valence-corrected chi connectivity index (χ2v) is 10.3. The van der Waals surface area contributed by atoms with Crippen LogP contribution in [0.4, 0.5) is 13.2 Å². The molecule has 0 bridgehead atoms. The maximum Gasteiger partial charge on any atom is 0.490 e. The molecule has 11 nitrogen and oxygen atoms in total. The lowest BCUT2D eigenvalue weighted by Gasteiger charge is -2.22. The van der Waals surface area contributed by atoms with E-state index >= 15 is 0 Å². The van der Waals surface area contributed by atoms with E-state index in [9.17, 15) is 26.4 Å². The van der Waals surface area contributed by atoms with Gasteiger partial charge in [-0.25, -0.2) is 18.2 Å². The Morgan fingerprint density at radius 2 is 1.82 bits per heavy atom. The lowest BCUT2D eigenvalue weighted by Crippen LogP contribution is -2.39. The Bertz CT molecular complexity index is 1420. The molecule has 4 heterocycles. The summed E-state index contributed by atoms with van der Waals surface area (Å²) in [6, 6.07) is 5.20. The summed E-state index contributed by atoms with van der Waals surface area (Å²) in [7, 11) is -3.37. The predicted molar refractivity (Wildman–Crippen MR) is 128 cm³/mol. The van der Waals surface area contributed by atoms with Crippen molar-refractivity contribution in [3.63, 3.8) is 0 Å². The summed E-state index contributed by atoms with van der Waals surface area (Å²) >= 11 is 0. The summed E-state index contributed by atoms with van der Waals surface area (Å²) in [5.74, 6) is -2.52. The van der Waals surface area contributed by atoms with Crippen molar-refractivity contribution in [2.75, 3.05) is 19.5 Å². The first kappa shape index (κ1) is 28.7. The van der Waals surface area contributed by atoms with Gasteiger partial charge in [0.2, 0.25) is 0 Å². The number of imidazole rings is 1. The molecule has 0 aliphatic carbocycles. The van der Waals surface area contributed by atoms with Crippen LogP contribution in [-0.4, -0.2) is 77.0 Å². The Labute approximate surface area is 215 Å². The number of sulfone groups is 1. The van der Waals surface area contributed by atoms with Gasteiger partial charge in [-0.2, -0.15) is 13.2 Å². The van der Waals surface area contributed by atoms with E-state index < -0.39 is 22.0 Å². The highest BCUT2D eigenvalue weighted by Gasteiger charge is 2.38. The number of carboxylic acid groups (broad SMARTS) is 1. The Morgan fingerprint density at radius 3 is 2.42 bits per heavy atom. The number of hydrogen-bond donors (Lipinski definition) is 3. The molecule has 1 aliphatic heterocycles. The molecular weight excluding hydrogens is 531 g/mol. The van der Waals surface area contributed by atoms with Crippen LogP contribution in [0.1, 0.15) is 29.0 Å². The smallest absolute Gasteiger partial charge is 0.475 e. The molecule has 1 saturated heterocycles. The lowest BCUT2D eigenvalue weighted by molar-refractivity contribution is -0.192. The number of halogens is 3. The maximum absolute atomic E-state index is 12.7. The fourth-order valence-corrected chi connectivity index (χ4v) is 4.01. The van der Waals surface area contributed by atoms with E-state index in [1.165, 1.54) is 6.20 Å². The maximum atomic E-state index is 12.7. The number of amides is 1. The van der Waals surface area contributed by atoms with Gasteiger partial charge in [-0.1, -0.05) is 0 Å². The van der Waals surface area contributed by atoms with E-state index in [0.29, 0.717) is 41.7 Å². The van der Waals surface area contributed by atoms with Gasteiger partial charge in [0.1, 0.15) is 11.4 Å². The molecule has 1 amide bonds. The van der Waals surface area contributed by atoms with Crippen molar-refractivity contribution in [3.05, 3.63) is 48.2 Å². The molecule has 3 aromatic rings. The molecule has 1 aliphatic rings. The van der Waals surface area contributed by atoms with Crippen molar-refractivity contribution in [3.8, 4) is 22.6 Å². The summed E-state index contributed by atoms with van der Waals surface area (Å²) in [5, 5.41) is 10.1. The number of alkyl halides is 3. The van der Waals surface area contributed by atoms with Gasteiger partial charge in [0.05, 0.1) is 4.90 Å². The molecule has 38 heavy (non-hydrogen) atoms. The number of carboxylic acids is 1. The van der Waals surface area contributed by atoms with E-state index in [4.69, 9.17) is 14.6 Å². The van der Waals surface area contributed by atoms with Gasteiger partial charge < -0.3 is 20.1 Å². The van der Waals surface area contributed by atoms with Crippen molar-refractivity contribution < 1.29 is 41.0 Å². The molecule has 204 valence electrons. The number of aromatic amines is 1. The van der Waals surface area contributed by atoms with Gasteiger partial charge in [0.15, 0.2) is 15.7 Å². The van der Waals surface area contributed by atoms with Crippen molar-refractivity contribution in [2.24, 2.45) is 0 Å². The van der Waals surface area contributed by atoms with Crippen LogP contribution in [0, 0.1) is 6.92 Å². The summed E-state index contributed by atoms with van der Waals surface area (Å²) in [4.78, 5) is 37.7. The van der Waals surface area contributed by atoms with Crippen LogP contribution in [0.5, 0.6) is 0 Å². The average Bonchev–Trinajstić information content (AvgIpc) is 3.26. The zero-order chi connectivity index (χ0) is 28.1. The number of aromatic nitrogens is 4. The first-order valence-corrected chi connectivity index (χ1v) is 13.0. The minimum Gasteiger partial charge on any atom is -0.475 e. The Balaban J connectivity index is 0.000000505. The monoisotopic (exact) mass is 555 g/mol. The zero-order valence-electron chi connectivity index (χ0n) is 20.2. The minimum atomic E-state index is -5.08. The number of ether oxygens (including phenoxy) is 1. The summed E-state index contributed by atoms with van der Waals surface area (Å²) in [6.45, 7) is 3.07. The van der Waals surface area contributed by atoms with Gasteiger partial charge in [-0.05, 0) is 43.5 Å². The zero-order valence-corrected chi connectivity index (χ0v) is 21.1. The number of H-pyrrole nitrogens is 1. The van der Waals surface area contributed by atoms with E-state index in [-0.39, 0.29) is 16.8 Å². The average molecular weight is 556 g/mol. The highest BCUT2D eigenvalue weighted by Crippen LogP contribution is 2.25. The second-order valence-electron chi connectivity index (χ2n) is 8.33. The molecule has 3 N–H and O–H groups in total. The van der Waals surface area contributed by atoms with Crippen LogP contribution in [0.2, 0.25) is 0 Å². The van der Waals surface area contributed by atoms with E-state index in [1.807, 2.05) is 0 Å². The van der Waals surface area contributed by atoms with Crippen molar-refractivity contribution >= 4 is 21.7 Å². The third-order valence-electron chi connectivity index (χ3n) is 5.38. The number of carbonyl (C=O) groups excluding carboxylic acids is 1. The third kappa shape index (κ3) is 7.58. The Hall–Kier alpha value is -3.85. The Morgan fingerprint density at radius 1 is 1.16 bits per heavy atom. The van der Waals surface area contributed by atoms with Gasteiger partial charge in [-0.15, -0.1) is 0 Å². The fourth-order valence-electron chi connectivity index (χ4n) is 3.42. The second kappa shape index (κ2) is 11.7. The number of nitrogens with one attached hydrogen (secondary N) is 2. The number of hydrogen-bond acceptors (Lipinski definition) is 8. The highest BCUT2D eigenvalue weighted by atomic mass is 32.2. The first-order valence-electron chi connectivity index (χ1n) is 11.1. The number of rotatable bonds is 5. The quantitative estimate of drug-likeness (QED) is 0.429. The largest absolute Gasteiger partial charge is 0.490 e. The highest BCUT2D eigenvalue weighted by molar-refractivity contribution is 7.90. The molecule has 0 unspecified atom stereocenters. The standard InChI is InChI=1S/C21H23N5O4S.C2HF3O2/c1-13-19(21(27)25-16-4-7-30-8-5-16)26-20(24-13)18-10-14(3-6-23-18)15-9-17(12-22-11-15)31(2,28)29;3-2(4,5)1(6)7/h3,6,9-12,16H,4-5,7-8H2,1-2H3,(H,24,26)(H,25,27);(H,6,7). The lowest BCUT2D eigenvalue weighted by atomic mass is 10.1. The fraction of sp³-hybridized carbons (Fsp3) is 0.348. The van der Waals surface area contributed by atoms with E-state index in [0.717, 1.165) is 24.7 Å². The van der Waals surface area contributed by atoms with Crippen LogP contribution in [0.3, 0.4) is 0 Å². The minimum absolute atomic E-state index is 0.0804. The number of aliphatic carboxylic acids is 1. The SMILES string of the molecule is Cc1[nH]c(-c2cc(-c3cncc(S(C)(=O)=O)c3)ccn2)nc1C(=O)NC1CCOCC1.O=C(O)C(F)(F)F. The number of carbonyl (C=O) groups is 2. The summed E-state index contributed by atoms with van der Waals surface area (Å²) in [6.07, 6.45) is 2.15. The number of aryl methyl sites for hydroxylation is 1. The van der Waals surface area contributed by atoms with Gasteiger partial charge in [-0.3, -0.25) is 14.8 Å². The Kier molecular flexibility index (Phi) is 8.83. The van der Waals surface area contributed by atoms with Crippen LogP contribution < -0.4 is 5.32 Å². The first-order chi connectivity index (χ1) is 17.8. The van der Waals surface area contributed by atoms with Gasteiger partial charge in [0.25, 0.3) is 5.91 Å². The molecule has 15 heteroatoms. The topological polar surface area (TPSA) is 164 Å². The summed E-state index contributed by atoms with van der Waals surface area (Å²) < 4.78 is 60.7. The molecule has 4 rings (SSSR count). The molecule has 0 spiro atoms. The van der Waals surface area contributed by atoms with Crippen molar-refractivity contribution in [1.82, 2.24) is 25.3 Å². The molecule has 0 radical (unpaired) electrons. The summed E-state index contributed by atoms with van der Waals surface area (Å²) in [5.41, 5.74) is 2.90. The van der Waals surface area contributed by atoms with Crippen molar-refractivity contribution in [2.45, 2.75) is 36.9 Å². The predicted octanol–water partition coefficient (Wildman–Crippen LogP) is 2.79. The molecule has 3 aromatic heterocycles. The van der Waals surface area contributed by atoms with Crippen LogP contribution >= 0.6 is 0 Å². The normalized spacial score (nSPS) is 14.3. The van der Waals surface area contributed by atoms with Crippen molar-refractivity contribution in [1.29, 1.82) is 0 Å². The van der Waals surface area contributed by atoms with Gasteiger partial charge >= 0.3 is 12.1 Å². The number of nitrogens with zero attached hydrogens (tertiary/aromatic N) is 3. The molecule has 1 fully saturated rings. The van der Waals surface area contributed by atoms with Crippen LogP contribution in [0.15, 0.2) is 41.7 Å². The molecule has 0 atom stereocenters. The number of pyridine rings is 2. The molecule has 0 saturated carbocycles. The molecular formula is C23H24F3N5O6S. The van der Waals surface area contributed by atoms with E-state index in [2.05, 4.69) is 25.3 Å². The van der Waals surface area contributed by atoms with E-state index in [1.54, 1.807) is 37.5 Å². The van der Waals surface area contributed by atoms with Crippen LogP contribution in [0.25, 0.3) is 22.6 Å².